The van der Waals surface area contributed by atoms with Gasteiger partial charge in [0.2, 0.25) is 0 Å². The van der Waals surface area contributed by atoms with Crippen molar-refractivity contribution in [3.05, 3.63) is 35.9 Å². The van der Waals surface area contributed by atoms with E-state index < -0.39 is 0 Å². The van der Waals surface area contributed by atoms with Crippen LogP contribution in [0.2, 0.25) is 0 Å². The molecular formula is C16H25N3O. The average molecular weight is 275 g/mol. The number of rotatable bonds is 7. The second kappa shape index (κ2) is 7.90. The first-order valence-electron chi connectivity index (χ1n) is 7.59. The Bertz CT molecular complexity index is 407. The molecule has 1 N–H and O–H groups in total. The highest BCUT2D eigenvalue weighted by Crippen LogP contribution is 2.13. The van der Waals surface area contributed by atoms with Crippen LogP contribution >= 0.6 is 0 Å². The van der Waals surface area contributed by atoms with Crippen LogP contribution in [0, 0.1) is 0 Å². The highest BCUT2D eigenvalue weighted by molar-refractivity contribution is 5.75. The smallest absolute Gasteiger partial charge is 0.320 e. The molecule has 1 aliphatic rings. The zero-order valence-corrected chi connectivity index (χ0v) is 12.3. The van der Waals surface area contributed by atoms with Gasteiger partial charge in [0.15, 0.2) is 0 Å². The van der Waals surface area contributed by atoms with E-state index in [4.69, 9.17) is 0 Å². The summed E-state index contributed by atoms with van der Waals surface area (Å²) in [6.45, 7) is 7.44. The zero-order chi connectivity index (χ0) is 14.2. The Morgan fingerprint density at radius 2 is 1.90 bits per heavy atom. The van der Waals surface area contributed by atoms with Crippen LogP contribution in [0.3, 0.4) is 0 Å². The van der Waals surface area contributed by atoms with Crippen molar-refractivity contribution in [3.63, 3.8) is 0 Å². The molecule has 0 aromatic heterocycles. The van der Waals surface area contributed by atoms with Crippen molar-refractivity contribution in [1.29, 1.82) is 0 Å². The molecule has 20 heavy (non-hydrogen) atoms. The van der Waals surface area contributed by atoms with E-state index in [0.29, 0.717) is 0 Å². The van der Waals surface area contributed by atoms with Crippen LogP contribution in [-0.4, -0.2) is 48.6 Å². The molecule has 4 nitrogen and oxygen atoms in total. The van der Waals surface area contributed by atoms with Gasteiger partial charge in [0, 0.05) is 26.2 Å². The molecule has 0 aliphatic carbocycles. The van der Waals surface area contributed by atoms with Crippen molar-refractivity contribution in [1.82, 2.24) is 15.1 Å². The number of benzene rings is 1. The lowest BCUT2D eigenvalue weighted by atomic mass is 10.2. The number of amides is 2. The molecule has 1 saturated heterocycles. The lowest BCUT2D eigenvalue weighted by molar-refractivity contribution is 0.126. The van der Waals surface area contributed by atoms with Crippen LogP contribution in [0.15, 0.2) is 30.3 Å². The molecule has 1 aromatic carbocycles. The number of carbonyl (C=O) groups excluding carboxylic acids is 1. The molecule has 1 heterocycles. The molecular weight excluding hydrogens is 250 g/mol. The Kier molecular flexibility index (Phi) is 5.87. The maximum Gasteiger partial charge on any atom is 0.320 e. The minimum absolute atomic E-state index is 0.191. The third-order valence-corrected chi connectivity index (χ3v) is 3.64. The van der Waals surface area contributed by atoms with Gasteiger partial charge in [0.1, 0.15) is 0 Å². The predicted octanol–water partition coefficient (Wildman–Crippen LogP) is 2.31. The lowest BCUT2D eigenvalue weighted by Crippen LogP contribution is -2.49. The van der Waals surface area contributed by atoms with E-state index in [9.17, 15) is 4.79 Å². The van der Waals surface area contributed by atoms with Crippen LogP contribution in [0.5, 0.6) is 0 Å². The molecule has 0 radical (unpaired) electrons. The van der Waals surface area contributed by atoms with E-state index in [0.717, 1.165) is 52.1 Å². The van der Waals surface area contributed by atoms with Gasteiger partial charge in [0.05, 0.1) is 0 Å². The highest BCUT2D eigenvalue weighted by atomic mass is 16.2. The van der Waals surface area contributed by atoms with Crippen LogP contribution in [0.25, 0.3) is 0 Å². The molecule has 1 aromatic rings. The van der Waals surface area contributed by atoms with Crippen molar-refractivity contribution < 1.29 is 4.79 Å². The lowest BCUT2D eigenvalue weighted by Gasteiger charge is -2.35. The fourth-order valence-corrected chi connectivity index (χ4v) is 2.57. The van der Waals surface area contributed by atoms with Gasteiger partial charge in [-0.2, -0.15) is 0 Å². The first-order chi connectivity index (χ1) is 9.81. The van der Waals surface area contributed by atoms with Crippen molar-refractivity contribution in [2.75, 3.05) is 32.7 Å². The summed E-state index contributed by atoms with van der Waals surface area (Å²) in [6.07, 6.45) is 2.10. The number of nitrogens with one attached hydrogen (secondary N) is 1. The molecule has 0 saturated carbocycles. The maximum atomic E-state index is 12.4. The molecule has 2 rings (SSSR count). The second-order valence-corrected chi connectivity index (χ2v) is 5.24. The number of urea groups is 1. The quantitative estimate of drug-likeness (QED) is 0.775. The minimum Gasteiger partial charge on any atom is -0.325 e. The van der Waals surface area contributed by atoms with Gasteiger partial charge in [-0.3, -0.25) is 0 Å². The standard InChI is InChI=1S/C16H25N3O/c1-2-17-10-6-11-18-12-7-13-19(16(18)20)14-15-8-4-3-5-9-15/h3-5,8-9,17H,2,6-7,10-14H2,1H3. The summed E-state index contributed by atoms with van der Waals surface area (Å²) in [6, 6.07) is 10.4. The topological polar surface area (TPSA) is 35.6 Å². The van der Waals surface area contributed by atoms with Crippen LogP contribution in [-0.2, 0) is 6.54 Å². The third-order valence-electron chi connectivity index (χ3n) is 3.64. The normalized spacial score (nSPS) is 15.8. The Balaban J connectivity index is 1.83. The summed E-state index contributed by atoms with van der Waals surface area (Å²) >= 11 is 0. The fourth-order valence-electron chi connectivity index (χ4n) is 2.57. The van der Waals surface area contributed by atoms with E-state index in [-0.39, 0.29) is 6.03 Å². The van der Waals surface area contributed by atoms with Crippen LogP contribution in [0.1, 0.15) is 25.3 Å². The number of hydrogen-bond donors (Lipinski definition) is 1. The molecule has 0 atom stereocenters. The zero-order valence-electron chi connectivity index (χ0n) is 12.3. The first-order valence-corrected chi connectivity index (χ1v) is 7.59. The summed E-state index contributed by atoms with van der Waals surface area (Å²) in [4.78, 5) is 16.4. The third kappa shape index (κ3) is 4.23. The average Bonchev–Trinajstić information content (AvgIpc) is 2.48. The van der Waals surface area contributed by atoms with Crippen molar-refractivity contribution >= 4 is 6.03 Å². The molecule has 110 valence electrons. The maximum absolute atomic E-state index is 12.4. The van der Waals surface area contributed by atoms with Gasteiger partial charge in [-0.05, 0) is 31.5 Å². The summed E-state index contributed by atoms with van der Waals surface area (Å²) in [7, 11) is 0. The van der Waals surface area contributed by atoms with Crippen LogP contribution in [0.4, 0.5) is 4.79 Å². The SMILES string of the molecule is CCNCCCN1CCCN(Cc2ccccc2)C1=O. The highest BCUT2D eigenvalue weighted by Gasteiger charge is 2.24. The van der Waals surface area contributed by atoms with Crippen LogP contribution < -0.4 is 5.32 Å². The Morgan fingerprint density at radius 1 is 1.15 bits per heavy atom. The largest absolute Gasteiger partial charge is 0.325 e. The number of nitrogens with zero attached hydrogens (tertiary/aromatic N) is 2. The van der Waals surface area contributed by atoms with Gasteiger partial charge in [-0.25, -0.2) is 4.79 Å². The molecule has 1 fully saturated rings. The minimum atomic E-state index is 0.191. The molecule has 0 spiro atoms. The van der Waals surface area contributed by atoms with Gasteiger partial charge < -0.3 is 15.1 Å². The number of carbonyl (C=O) groups is 1. The molecule has 1 aliphatic heterocycles. The monoisotopic (exact) mass is 275 g/mol. The van der Waals surface area contributed by atoms with Gasteiger partial charge in [-0.1, -0.05) is 37.3 Å². The van der Waals surface area contributed by atoms with E-state index in [2.05, 4.69) is 24.4 Å². The summed E-state index contributed by atoms with van der Waals surface area (Å²) < 4.78 is 0. The molecule has 4 heteroatoms. The van der Waals surface area contributed by atoms with Crippen molar-refractivity contribution in [2.45, 2.75) is 26.3 Å². The van der Waals surface area contributed by atoms with Crippen molar-refractivity contribution in [2.24, 2.45) is 0 Å². The molecule has 0 bridgehead atoms. The fraction of sp³-hybridized carbons (Fsp3) is 0.562. The van der Waals surface area contributed by atoms with E-state index in [1.165, 1.54) is 5.56 Å². The van der Waals surface area contributed by atoms with Gasteiger partial charge >= 0.3 is 6.03 Å². The second-order valence-electron chi connectivity index (χ2n) is 5.24. The van der Waals surface area contributed by atoms with Gasteiger partial charge in [-0.15, -0.1) is 0 Å². The van der Waals surface area contributed by atoms with E-state index in [1.807, 2.05) is 28.0 Å². The van der Waals surface area contributed by atoms with E-state index >= 15 is 0 Å². The summed E-state index contributed by atoms with van der Waals surface area (Å²) in [5.41, 5.74) is 1.20. The Hall–Kier alpha value is -1.55. The molecule has 0 unspecified atom stereocenters. The Morgan fingerprint density at radius 3 is 2.65 bits per heavy atom. The Labute approximate surface area is 121 Å². The summed E-state index contributed by atoms with van der Waals surface area (Å²) in [5.74, 6) is 0. The van der Waals surface area contributed by atoms with E-state index in [1.54, 1.807) is 0 Å². The van der Waals surface area contributed by atoms with Crippen molar-refractivity contribution in [3.8, 4) is 0 Å². The first kappa shape index (κ1) is 14.9. The summed E-state index contributed by atoms with van der Waals surface area (Å²) in [5, 5.41) is 3.30. The number of hydrogen-bond acceptors (Lipinski definition) is 2. The van der Waals surface area contributed by atoms with Gasteiger partial charge in [0.25, 0.3) is 0 Å². The predicted molar refractivity (Wildman–Crippen MR) is 81.6 cm³/mol. The molecule has 2 amide bonds.